The topological polar surface area (TPSA) is 32.3 Å². The van der Waals surface area contributed by atoms with Crippen LogP contribution in [0.15, 0.2) is 0 Å². The third kappa shape index (κ3) is 3.21. The van der Waals surface area contributed by atoms with E-state index in [2.05, 4.69) is 5.32 Å². The second-order valence-electron chi connectivity index (χ2n) is 3.59. The molecule has 1 aliphatic rings. The van der Waals surface area contributed by atoms with Gasteiger partial charge in [0.15, 0.2) is 0 Å². The molecular formula is C9H19NO. The van der Waals surface area contributed by atoms with Crippen molar-refractivity contribution in [3.05, 3.63) is 0 Å². The molecule has 2 N–H and O–H groups in total. The minimum atomic E-state index is 0.260. The molecule has 0 aromatic carbocycles. The zero-order valence-corrected chi connectivity index (χ0v) is 7.34. The van der Waals surface area contributed by atoms with Crippen LogP contribution in [-0.4, -0.2) is 23.8 Å². The molecule has 2 heteroatoms. The molecule has 2 nitrogen and oxygen atoms in total. The maximum atomic E-state index is 8.80. The van der Waals surface area contributed by atoms with Crippen molar-refractivity contribution in [2.45, 2.75) is 51.1 Å². The first kappa shape index (κ1) is 9.01. The van der Waals surface area contributed by atoms with Crippen molar-refractivity contribution < 1.29 is 5.11 Å². The lowest BCUT2D eigenvalue weighted by molar-refractivity contribution is 0.228. The molecule has 1 atom stereocenters. The van der Waals surface area contributed by atoms with Gasteiger partial charge in [-0.05, 0) is 19.8 Å². The summed E-state index contributed by atoms with van der Waals surface area (Å²) < 4.78 is 0. The molecule has 0 amide bonds. The van der Waals surface area contributed by atoms with Gasteiger partial charge in [-0.2, -0.15) is 0 Å². The molecule has 0 radical (unpaired) electrons. The molecule has 1 aliphatic carbocycles. The van der Waals surface area contributed by atoms with Gasteiger partial charge >= 0.3 is 0 Å². The fraction of sp³-hybridized carbons (Fsp3) is 1.00. The summed E-state index contributed by atoms with van der Waals surface area (Å²) in [7, 11) is 0. The first-order valence-electron chi connectivity index (χ1n) is 4.70. The molecule has 66 valence electrons. The molecule has 1 saturated carbocycles. The predicted molar refractivity (Wildman–Crippen MR) is 46.6 cm³/mol. The quantitative estimate of drug-likeness (QED) is 0.647. The largest absolute Gasteiger partial charge is 0.395 e. The van der Waals surface area contributed by atoms with Gasteiger partial charge in [0.2, 0.25) is 0 Å². The molecule has 0 aromatic heterocycles. The van der Waals surface area contributed by atoms with E-state index in [0.717, 1.165) is 0 Å². The molecular weight excluding hydrogens is 138 g/mol. The van der Waals surface area contributed by atoms with Crippen molar-refractivity contribution in [3.8, 4) is 0 Å². The summed E-state index contributed by atoms with van der Waals surface area (Å²) in [6.45, 7) is 2.30. The summed E-state index contributed by atoms with van der Waals surface area (Å²) in [5.74, 6) is 0. The van der Waals surface area contributed by atoms with Crippen LogP contribution in [-0.2, 0) is 0 Å². The number of hydrogen-bond donors (Lipinski definition) is 2. The highest BCUT2D eigenvalue weighted by atomic mass is 16.3. The van der Waals surface area contributed by atoms with E-state index in [1.165, 1.54) is 32.1 Å². The molecule has 0 unspecified atom stereocenters. The summed E-state index contributed by atoms with van der Waals surface area (Å²) in [4.78, 5) is 0. The Balaban J connectivity index is 2.13. The Morgan fingerprint density at radius 2 is 2.00 bits per heavy atom. The summed E-state index contributed by atoms with van der Waals surface area (Å²) in [6, 6.07) is 0.948. The Labute approximate surface area is 69.0 Å². The molecule has 0 saturated heterocycles. The molecule has 11 heavy (non-hydrogen) atoms. The molecule has 0 heterocycles. The predicted octanol–water partition coefficient (Wildman–Crippen LogP) is 1.29. The van der Waals surface area contributed by atoms with Gasteiger partial charge in [0, 0.05) is 12.1 Å². The van der Waals surface area contributed by atoms with Gasteiger partial charge < -0.3 is 10.4 Å². The Hall–Kier alpha value is -0.0800. The SMILES string of the molecule is C[C@H](CO)NC1CCCCC1. The third-order valence-corrected chi connectivity index (χ3v) is 2.40. The lowest BCUT2D eigenvalue weighted by Gasteiger charge is -2.25. The smallest absolute Gasteiger partial charge is 0.0582 e. The van der Waals surface area contributed by atoms with E-state index in [0.29, 0.717) is 6.04 Å². The first-order valence-corrected chi connectivity index (χ1v) is 4.70. The lowest BCUT2D eigenvalue weighted by Crippen LogP contribution is -2.39. The van der Waals surface area contributed by atoms with E-state index < -0.39 is 0 Å². The Morgan fingerprint density at radius 3 is 2.55 bits per heavy atom. The van der Waals surface area contributed by atoms with Crippen molar-refractivity contribution in [1.82, 2.24) is 5.32 Å². The van der Waals surface area contributed by atoms with Gasteiger partial charge in [-0.15, -0.1) is 0 Å². The summed E-state index contributed by atoms with van der Waals surface area (Å²) in [5.41, 5.74) is 0. The van der Waals surface area contributed by atoms with E-state index in [9.17, 15) is 0 Å². The van der Waals surface area contributed by atoms with Gasteiger partial charge in [-0.3, -0.25) is 0 Å². The van der Waals surface area contributed by atoms with Crippen LogP contribution < -0.4 is 5.32 Å². The molecule has 0 spiro atoms. The van der Waals surface area contributed by atoms with Crippen molar-refractivity contribution in [3.63, 3.8) is 0 Å². The minimum Gasteiger partial charge on any atom is -0.395 e. The maximum absolute atomic E-state index is 8.80. The summed E-state index contributed by atoms with van der Waals surface area (Å²) in [5, 5.41) is 12.2. The van der Waals surface area contributed by atoms with Crippen LogP contribution >= 0.6 is 0 Å². The number of aliphatic hydroxyl groups is 1. The van der Waals surface area contributed by atoms with Crippen LogP contribution in [0.25, 0.3) is 0 Å². The number of aliphatic hydroxyl groups excluding tert-OH is 1. The van der Waals surface area contributed by atoms with Crippen LogP contribution in [0, 0.1) is 0 Å². The minimum absolute atomic E-state index is 0.260. The number of hydrogen-bond acceptors (Lipinski definition) is 2. The average molecular weight is 157 g/mol. The number of rotatable bonds is 3. The van der Waals surface area contributed by atoms with Gasteiger partial charge in [-0.25, -0.2) is 0 Å². The Morgan fingerprint density at radius 1 is 1.36 bits per heavy atom. The van der Waals surface area contributed by atoms with E-state index >= 15 is 0 Å². The maximum Gasteiger partial charge on any atom is 0.0582 e. The van der Waals surface area contributed by atoms with Crippen LogP contribution in [0.5, 0.6) is 0 Å². The van der Waals surface area contributed by atoms with Gasteiger partial charge in [0.1, 0.15) is 0 Å². The van der Waals surface area contributed by atoms with E-state index in [1.54, 1.807) is 0 Å². The van der Waals surface area contributed by atoms with E-state index in [1.807, 2.05) is 6.92 Å². The standard InChI is InChI=1S/C9H19NO/c1-8(7-11)10-9-5-3-2-4-6-9/h8-11H,2-7H2,1H3/t8-/m1/s1. The monoisotopic (exact) mass is 157 g/mol. The van der Waals surface area contributed by atoms with E-state index in [-0.39, 0.29) is 12.6 Å². The number of nitrogens with one attached hydrogen (secondary N) is 1. The molecule has 0 aliphatic heterocycles. The molecule has 1 rings (SSSR count). The van der Waals surface area contributed by atoms with Crippen molar-refractivity contribution in [2.24, 2.45) is 0 Å². The van der Waals surface area contributed by atoms with Gasteiger partial charge in [0.05, 0.1) is 6.61 Å². The molecule has 1 fully saturated rings. The normalized spacial score (nSPS) is 23.5. The van der Waals surface area contributed by atoms with E-state index in [4.69, 9.17) is 5.11 Å². The summed E-state index contributed by atoms with van der Waals surface area (Å²) in [6.07, 6.45) is 6.70. The van der Waals surface area contributed by atoms with Gasteiger partial charge in [-0.1, -0.05) is 19.3 Å². The zero-order chi connectivity index (χ0) is 8.10. The molecule has 0 aromatic rings. The lowest BCUT2D eigenvalue weighted by atomic mass is 9.95. The highest BCUT2D eigenvalue weighted by Crippen LogP contribution is 2.17. The van der Waals surface area contributed by atoms with Crippen LogP contribution in [0.4, 0.5) is 0 Å². The third-order valence-electron chi connectivity index (χ3n) is 2.40. The fourth-order valence-corrected chi connectivity index (χ4v) is 1.72. The second-order valence-corrected chi connectivity index (χ2v) is 3.59. The van der Waals surface area contributed by atoms with Crippen molar-refractivity contribution >= 4 is 0 Å². The van der Waals surface area contributed by atoms with Crippen LogP contribution in [0.1, 0.15) is 39.0 Å². The Kier molecular flexibility index (Phi) is 3.87. The zero-order valence-electron chi connectivity index (χ0n) is 7.34. The highest BCUT2D eigenvalue weighted by molar-refractivity contribution is 4.74. The first-order chi connectivity index (χ1) is 5.33. The highest BCUT2D eigenvalue weighted by Gasteiger charge is 2.14. The van der Waals surface area contributed by atoms with Crippen LogP contribution in [0.2, 0.25) is 0 Å². The second kappa shape index (κ2) is 4.73. The Bertz CT molecular complexity index is 99.7. The summed E-state index contributed by atoms with van der Waals surface area (Å²) >= 11 is 0. The van der Waals surface area contributed by atoms with Gasteiger partial charge in [0.25, 0.3) is 0 Å². The van der Waals surface area contributed by atoms with Crippen molar-refractivity contribution in [2.75, 3.05) is 6.61 Å². The molecule has 0 bridgehead atoms. The average Bonchev–Trinajstić information content (AvgIpc) is 2.06. The van der Waals surface area contributed by atoms with Crippen LogP contribution in [0.3, 0.4) is 0 Å². The fourth-order valence-electron chi connectivity index (χ4n) is 1.72. The van der Waals surface area contributed by atoms with Crippen molar-refractivity contribution in [1.29, 1.82) is 0 Å².